The van der Waals surface area contributed by atoms with Gasteiger partial charge in [-0.15, -0.1) is 0 Å². The number of Topliss-reactive ketones (excluding diaryl/α,β-unsaturated/α-hetero) is 1. The van der Waals surface area contributed by atoms with Crippen LogP contribution < -0.4 is 0 Å². The minimum Gasteiger partial charge on any atom is -0.320 e. The van der Waals surface area contributed by atoms with Crippen molar-refractivity contribution < 1.29 is 4.79 Å². The van der Waals surface area contributed by atoms with E-state index < -0.39 is 5.41 Å². The third kappa shape index (κ3) is 2.79. The monoisotopic (exact) mass is 413 g/mol. The molecule has 0 aromatic carbocycles. The van der Waals surface area contributed by atoms with Crippen molar-refractivity contribution in [3.8, 4) is 17.5 Å². The van der Waals surface area contributed by atoms with E-state index in [9.17, 15) is 10.1 Å². The first kappa shape index (κ1) is 19.7. The van der Waals surface area contributed by atoms with Crippen molar-refractivity contribution >= 4 is 5.78 Å². The van der Waals surface area contributed by atoms with Gasteiger partial charge in [-0.1, -0.05) is 51.2 Å². The number of allylic oxidation sites excluding steroid dienone is 6. The number of rotatable bonds is 2. The number of carbonyl (C=O) groups is 1. The van der Waals surface area contributed by atoms with Gasteiger partial charge in [0.1, 0.15) is 11.9 Å². The Bertz CT molecular complexity index is 1200. The minimum atomic E-state index is -0.439. The molecule has 0 N–H and O–H groups in total. The van der Waals surface area contributed by atoms with Gasteiger partial charge in [0, 0.05) is 30.3 Å². The van der Waals surface area contributed by atoms with Crippen molar-refractivity contribution in [3.05, 3.63) is 59.7 Å². The summed E-state index contributed by atoms with van der Waals surface area (Å²) in [4.78, 5) is 17.9. The SMILES string of the molecule is CC1C=CC=CC1n1c(-c2cnn(C)c2)nc2c1CC[C@H]1[C@H](C)C(=O)C(C#N)=C[C@]21C. The van der Waals surface area contributed by atoms with Crippen LogP contribution in [-0.2, 0) is 23.7 Å². The van der Waals surface area contributed by atoms with E-state index in [1.165, 1.54) is 5.69 Å². The number of nitriles is 1. The lowest BCUT2D eigenvalue weighted by Gasteiger charge is -2.44. The maximum atomic E-state index is 12.7. The highest BCUT2D eigenvalue weighted by atomic mass is 16.1. The Morgan fingerprint density at radius 2 is 2.03 bits per heavy atom. The predicted octanol–water partition coefficient (Wildman–Crippen LogP) is 4.08. The molecular weight excluding hydrogens is 386 g/mol. The molecule has 6 heteroatoms. The summed E-state index contributed by atoms with van der Waals surface area (Å²) in [5.74, 6) is 1.18. The zero-order valence-corrected chi connectivity index (χ0v) is 18.4. The Balaban J connectivity index is 1.77. The van der Waals surface area contributed by atoms with Crippen molar-refractivity contribution in [3.63, 3.8) is 0 Å². The van der Waals surface area contributed by atoms with E-state index in [0.29, 0.717) is 5.92 Å². The molecule has 0 spiro atoms. The normalized spacial score (nSPS) is 31.7. The molecule has 0 aliphatic heterocycles. The second-order valence-corrected chi connectivity index (χ2v) is 9.37. The molecule has 0 fully saturated rings. The molecular formula is C25H27N5O. The number of hydrogen-bond donors (Lipinski definition) is 0. The van der Waals surface area contributed by atoms with Crippen LogP contribution >= 0.6 is 0 Å². The number of ketones is 1. The standard InChI is InChI=1S/C25H27N5O/c1-15-7-5-6-8-20(15)30-21-10-9-19-16(2)22(31)17(12-26)11-25(19,3)23(21)28-24(30)18-13-27-29(4)14-18/h5-8,11,13-16,19-20H,9-10H2,1-4H3/t15?,16-,19-,20?,25-/m0/s1. The molecule has 2 heterocycles. The Kier molecular flexibility index (Phi) is 4.40. The average molecular weight is 414 g/mol. The Morgan fingerprint density at radius 1 is 1.26 bits per heavy atom. The summed E-state index contributed by atoms with van der Waals surface area (Å²) in [6.07, 6.45) is 16.2. The van der Waals surface area contributed by atoms with Crippen molar-refractivity contribution in [2.24, 2.45) is 24.8 Å². The first-order chi connectivity index (χ1) is 14.8. The second-order valence-electron chi connectivity index (χ2n) is 9.37. The van der Waals surface area contributed by atoms with Crippen LogP contribution in [0.25, 0.3) is 11.4 Å². The molecule has 158 valence electrons. The topological polar surface area (TPSA) is 76.5 Å². The van der Waals surface area contributed by atoms with Crippen LogP contribution in [0.2, 0.25) is 0 Å². The molecule has 3 aliphatic carbocycles. The highest BCUT2D eigenvalue weighted by Gasteiger charge is 2.50. The Hall–Kier alpha value is -3.20. The van der Waals surface area contributed by atoms with Crippen LogP contribution in [0.4, 0.5) is 0 Å². The zero-order chi connectivity index (χ0) is 21.9. The molecule has 2 aromatic heterocycles. The molecule has 5 rings (SSSR count). The van der Waals surface area contributed by atoms with Gasteiger partial charge in [0.05, 0.1) is 29.1 Å². The summed E-state index contributed by atoms with van der Waals surface area (Å²) in [6.45, 7) is 6.35. The second kappa shape index (κ2) is 6.91. The summed E-state index contributed by atoms with van der Waals surface area (Å²) in [6, 6.07) is 2.31. The molecule has 2 unspecified atom stereocenters. The quantitative estimate of drug-likeness (QED) is 0.743. The van der Waals surface area contributed by atoms with Crippen molar-refractivity contribution in [1.29, 1.82) is 5.26 Å². The lowest BCUT2D eigenvalue weighted by atomic mass is 9.58. The van der Waals surface area contributed by atoms with E-state index in [-0.39, 0.29) is 29.2 Å². The molecule has 0 amide bonds. The number of nitrogens with zero attached hydrogens (tertiary/aromatic N) is 5. The van der Waals surface area contributed by atoms with E-state index in [1.807, 2.05) is 32.4 Å². The molecule has 2 aromatic rings. The molecule has 0 radical (unpaired) electrons. The highest BCUT2D eigenvalue weighted by Crippen LogP contribution is 2.51. The van der Waals surface area contributed by atoms with Gasteiger partial charge in [0.15, 0.2) is 5.78 Å². The van der Waals surface area contributed by atoms with Gasteiger partial charge < -0.3 is 4.57 Å². The fraction of sp³-hybridized carbons (Fsp3) is 0.440. The molecule has 0 saturated heterocycles. The summed E-state index contributed by atoms with van der Waals surface area (Å²) in [7, 11) is 1.91. The van der Waals surface area contributed by atoms with E-state index in [4.69, 9.17) is 4.98 Å². The molecule has 31 heavy (non-hydrogen) atoms. The van der Waals surface area contributed by atoms with Crippen LogP contribution in [0.1, 0.15) is 44.6 Å². The number of fused-ring (bicyclic) bond motifs is 3. The smallest absolute Gasteiger partial charge is 0.176 e. The van der Waals surface area contributed by atoms with Crippen LogP contribution in [-0.4, -0.2) is 25.1 Å². The van der Waals surface area contributed by atoms with Gasteiger partial charge in [0.25, 0.3) is 0 Å². The van der Waals surface area contributed by atoms with Crippen molar-refractivity contribution in [2.45, 2.75) is 45.1 Å². The summed E-state index contributed by atoms with van der Waals surface area (Å²) in [5.41, 5.74) is 3.03. The third-order valence-corrected chi connectivity index (χ3v) is 7.46. The molecule has 0 bridgehead atoms. The molecule has 5 atom stereocenters. The van der Waals surface area contributed by atoms with Crippen molar-refractivity contribution in [2.75, 3.05) is 0 Å². The summed E-state index contributed by atoms with van der Waals surface area (Å²) >= 11 is 0. The van der Waals surface area contributed by atoms with Gasteiger partial charge in [-0.3, -0.25) is 9.48 Å². The largest absolute Gasteiger partial charge is 0.320 e. The zero-order valence-electron chi connectivity index (χ0n) is 18.4. The van der Waals surface area contributed by atoms with Crippen LogP contribution in [0.15, 0.2) is 48.3 Å². The number of aromatic nitrogens is 4. The molecule has 0 saturated carbocycles. The summed E-state index contributed by atoms with van der Waals surface area (Å²) in [5, 5.41) is 14.0. The Morgan fingerprint density at radius 3 is 2.71 bits per heavy atom. The van der Waals surface area contributed by atoms with Gasteiger partial charge in [-0.2, -0.15) is 10.4 Å². The number of imidazole rings is 1. The third-order valence-electron chi connectivity index (χ3n) is 7.46. The number of hydrogen-bond acceptors (Lipinski definition) is 4. The fourth-order valence-electron chi connectivity index (χ4n) is 5.82. The summed E-state index contributed by atoms with van der Waals surface area (Å²) < 4.78 is 4.17. The highest BCUT2D eigenvalue weighted by molar-refractivity contribution is 6.02. The maximum Gasteiger partial charge on any atom is 0.176 e. The van der Waals surface area contributed by atoms with Gasteiger partial charge in [-0.05, 0) is 24.7 Å². The van der Waals surface area contributed by atoms with E-state index in [0.717, 1.165) is 29.9 Å². The van der Waals surface area contributed by atoms with Crippen LogP contribution in [0, 0.1) is 29.1 Å². The lowest BCUT2D eigenvalue weighted by molar-refractivity contribution is -0.121. The van der Waals surface area contributed by atoms with Crippen LogP contribution in [0.5, 0.6) is 0 Å². The predicted molar refractivity (Wildman–Crippen MR) is 118 cm³/mol. The maximum absolute atomic E-state index is 12.7. The van der Waals surface area contributed by atoms with Gasteiger partial charge in [0.2, 0.25) is 0 Å². The Labute approximate surface area is 182 Å². The molecule has 6 nitrogen and oxygen atoms in total. The number of aryl methyl sites for hydroxylation is 1. The van der Waals surface area contributed by atoms with Gasteiger partial charge >= 0.3 is 0 Å². The first-order valence-corrected chi connectivity index (χ1v) is 11.0. The number of carbonyl (C=O) groups excluding carboxylic acids is 1. The molecule has 3 aliphatic rings. The minimum absolute atomic E-state index is 0.0330. The lowest BCUT2D eigenvalue weighted by Crippen LogP contribution is -2.45. The fourth-order valence-corrected chi connectivity index (χ4v) is 5.82. The van der Waals surface area contributed by atoms with E-state index in [2.05, 4.69) is 53.9 Å². The van der Waals surface area contributed by atoms with E-state index in [1.54, 1.807) is 4.68 Å². The van der Waals surface area contributed by atoms with Gasteiger partial charge in [-0.25, -0.2) is 4.98 Å². The van der Waals surface area contributed by atoms with E-state index >= 15 is 0 Å². The van der Waals surface area contributed by atoms with Crippen LogP contribution in [0.3, 0.4) is 0 Å². The average Bonchev–Trinajstić information content (AvgIpc) is 3.35. The van der Waals surface area contributed by atoms with Crippen molar-refractivity contribution in [1.82, 2.24) is 19.3 Å². The first-order valence-electron chi connectivity index (χ1n) is 11.0.